The number of likely N-dealkylation sites (tertiary alicyclic amines) is 1. The van der Waals surface area contributed by atoms with Crippen LogP contribution >= 0.6 is 0 Å². The van der Waals surface area contributed by atoms with Crippen molar-refractivity contribution in [2.75, 3.05) is 19.6 Å². The van der Waals surface area contributed by atoms with E-state index in [1.807, 2.05) is 25.7 Å². The normalized spacial score (nSPS) is 17.0. The molecule has 1 fully saturated rings. The van der Waals surface area contributed by atoms with Crippen LogP contribution in [-0.2, 0) is 11.2 Å². The van der Waals surface area contributed by atoms with E-state index >= 15 is 0 Å². The largest absolute Gasteiger partial charge is 0.341 e. The van der Waals surface area contributed by atoms with Crippen LogP contribution in [0.4, 0.5) is 0 Å². The first-order valence-corrected chi connectivity index (χ1v) is 8.11. The highest BCUT2D eigenvalue weighted by molar-refractivity contribution is 5.85. The molecule has 1 aliphatic heterocycles. The Balaban J connectivity index is 1.84. The van der Waals surface area contributed by atoms with Crippen molar-refractivity contribution in [3.63, 3.8) is 0 Å². The highest BCUT2D eigenvalue weighted by Crippen LogP contribution is 2.23. The number of piperidine rings is 1. The predicted octanol–water partition coefficient (Wildman–Crippen LogP) is 2.86. The van der Waals surface area contributed by atoms with Gasteiger partial charge in [-0.3, -0.25) is 4.79 Å². The third kappa shape index (κ3) is 4.31. The number of hydrogen-bond acceptors (Lipinski definition) is 2. The van der Waals surface area contributed by atoms with Gasteiger partial charge >= 0.3 is 0 Å². The average molecular weight is 288 g/mol. The number of nitrogens with one attached hydrogen (secondary N) is 1. The summed E-state index contributed by atoms with van der Waals surface area (Å²) in [6.45, 7) is 8.62. The summed E-state index contributed by atoms with van der Waals surface area (Å²) in [6.07, 6.45) is 3.37. The number of rotatable bonds is 5. The zero-order valence-corrected chi connectivity index (χ0v) is 13.6. The summed E-state index contributed by atoms with van der Waals surface area (Å²) in [5.74, 6) is 0.946. The van der Waals surface area contributed by atoms with Crippen molar-refractivity contribution >= 4 is 5.91 Å². The fraction of sp³-hybridized carbons (Fsp3) is 0.611. The Labute approximate surface area is 128 Å². The van der Waals surface area contributed by atoms with Crippen LogP contribution in [0.3, 0.4) is 0 Å². The molecule has 0 bridgehead atoms. The predicted molar refractivity (Wildman–Crippen MR) is 87.2 cm³/mol. The summed E-state index contributed by atoms with van der Waals surface area (Å²) in [5, 5.41) is 3.28. The number of likely N-dealkylation sites (N-methyl/N-ethyl adjacent to an activating group) is 1. The van der Waals surface area contributed by atoms with Gasteiger partial charge in [0.05, 0.1) is 5.54 Å². The number of hydrogen-bond donors (Lipinski definition) is 1. The minimum absolute atomic E-state index is 0.238. The van der Waals surface area contributed by atoms with Crippen molar-refractivity contribution in [3.8, 4) is 0 Å². The van der Waals surface area contributed by atoms with Crippen molar-refractivity contribution in [1.82, 2.24) is 10.2 Å². The molecule has 0 spiro atoms. The first-order valence-electron chi connectivity index (χ1n) is 8.11. The van der Waals surface area contributed by atoms with E-state index < -0.39 is 5.54 Å². The van der Waals surface area contributed by atoms with Gasteiger partial charge < -0.3 is 10.2 Å². The maximum absolute atomic E-state index is 12.5. The number of amides is 1. The molecule has 3 heteroatoms. The monoisotopic (exact) mass is 288 g/mol. The van der Waals surface area contributed by atoms with E-state index in [4.69, 9.17) is 0 Å². The second-order valence-corrected chi connectivity index (χ2v) is 6.58. The van der Waals surface area contributed by atoms with Gasteiger partial charge in [0.15, 0.2) is 0 Å². The van der Waals surface area contributed by atoms with E-state index in [1.165, 1.54) is 5.56 Å². The molecule has 1 aliphatic rings. The van der Waals surface area contributed by atoms with Crippen molar-refractivity contribution in [1.29, 1.82) is 0 Å². The summed E-state index contributed by atoms with van der Waals surface area (Å²) in [5.41, 5.74) is 0.969. The standard InChI is InChI=1S/C18H28N2O/c1-4-19-18(2,3)17(21)20-12-10-16(11-13-20)14-15-8-6-5-7-9-15/h5-9,16,19H,4,10-14H2,1-3H3. The van der Waals surface area contributed by atoms with E-state index in [2.05, 4.69) is 35.6 Å². The van der Waals surface area contributed by atoms with Crippen molar-refractivity contribution in [2.45, 2.75) is 45.6 Å². The van der Waals surface area contributed by atoms with E-state index in [9.17, 15) is 4.79 Å². The van der Waals surface area contributed by atoms with Crippen LogP contribution in [-0.4, -0.2) is 36.0 Å². The molecule has 0 atom stereocenters. The quantitative estimate of drug-likeness (QED) is 0.903. The molecule has 2 rings (SSSR count). The molecule has 1 saturated heterocycles. The van der Waals surface area contributed by atoms with Crippen LogP contribution in [0.5, 0.6) is 0 Å². The molecule has 1 N–H and O–H groups in total. The molecule has 0 unspecified atom stereocenters. The molecule has 1 amide bonds. The highest BCUT2D eigenvalue weighted by Gasteiger charge is 2.33. The van der Waals surface area contributed by atoms with Gasteiger partial charge in [0.2, 0.25) is 5.91 Å². The Bertz CT molecular complexity index is 448. The van der Waals surface area contributed by atoms with Crippen LogP contribution in [0.2, 0.25) is 0 Å². The van der Waals surface area contributed by atoms with Gasteiger partial charge in [-0.15, -0.1) is 0 Å². The SMILES string of the molecule is CCNC(C)(C)C(=O)N1CCC(Cc2ccccc2)CC1. The average Bonchev–Trinajstić information content (AvgIpc) is 2.48. The Morgan fingerprint density at radius 2 is 1.86 bits per heavy atom. The van der Waals surface area contributed by atoms with Crippen molar-refractivity contribution in [2.24, 2.45) is 5.92 Å². The van der Waals surface area contributed by atoms with Crippen LogP contribution in [0.1, 0.15) is 39.2 Å². The fourth-order valence-electron chi connectivity index (χ4n) is 3.20. The smallest absolute Gasteiger partial charge is 0.242 e. The summed E-state index contributed by atoms with van der Waals surface area (Å²) >= 11 is 0. The lowest BCUT2D eigenvalue weighted by molar-refractivity contribution is -0.138. The lowest BCUT2D eigenvalue weighted by atomic mass is 9.89. The molecular formula is C18H28N2O. The second kappa shape index (κ2) is 7.08. The van der Waals surface area contributed by atoms with Crippen LogP contribution in [0.25, 0.3) is 0 Å². The number of carbonyl (C=O) groups is 1. The molecule has 0 saturated carbocycles. The van der Waals surface area contributed by atoms with Crippen LogP contribution < -0.4 is 5.32 Å². The van der Waals surface area contributed by atoms with Gasteiger partial charge in [0.1, 0.15) is 0 Å². The number of benzene rings is 1. The lowest BCUT2D eigenvalue weighted by Crippen LogP contribution is -2.55. The van der Waals surface area contributed by atoms with E-state index in [0.29, 0.717) is 5.92 Å². The Kier molecular flexibility index (Phi) is 5.40. The second-order valence-electron chi connectivity index (χ2n) is 6.58. The Hall–Kier alpha value is -1.35. The third-order valence-corrected chi connectivity index (χ3v) is 4.42. The van der Waals surface area contributed by atoms with Gasteiger partial charge in [-0.2, -0.15) is 0 Å². The van der Waals surface area contributed by atoms with Gasteiger partial charge in [-0.05, 0) is 51.1 Å². The van der Waals surface area contributed by atoms with E-state index in [1.54, 1.807) is 0 Å². The van der Waals surface area contributed by atoms with Crippen molar-refractivity contribution < 1.29 is 4.79 Å². The molecule has 1 heterocycles. The minimum Gasteiger partial charge on any atom is -0.341 e. The van der Waals surface area contributed by atoms with Crippen molar-refractivity contribution in [3.05, 3.63) is 35.9 Å². The lowest BCUT2D eigenvalue weighted by Gasteiger charge is -2.37. The molecule has 1 aromatic carbocycles. The van der Waals surface area contributed by atoms with E-state index in [0.717, 1.165) is 38.9 Å². The fourth-order valence-corrected chi connectivity index (χ4v) is 3.20. The summed E-state index contributed by atoms with van der Waals surface area (Å²) in [7, 11) is 0. The van der Waals surface area contributed by atoms with Gasteiger partial charge in [0, 0.05) is 13.1 Å². The summed E-state index contributed by atoms with van der Waals surface area (Å²) in [6, 6.07) is 10.7. The topological polar surface area (TPSA) is 32.3 Å². The minimum atomic E-state index is -0.443. The first kappa shape index (κ1) is 16.0. The molecule has 3 nitrogen and oxygen atoms in total. The number of nitrogens with zero attached hydrogens (tertiary/aromatic N) is 1. The Morgan fingerprint density at radius 3 is 2.43 bits per heavy atom. The summed E-state index contributed by atoms with van der Waals surface area (Å²) < 4.78 is 0. The molecule has 0 aromatic heterocycles. The molecule has 21 heavy (non-hydrogen) atoms. The zero-order chi connectivity index (χ0) is 15.3. The molecule has 0 aliphatic carbocycles. The van der Waals surface area contributed by atoms with Crippen LogP contribution in [0.15, 0.2) is 30.3 Å². The Morgan fingerprint density at radius 1 is 1.24 bits per heavy atom. The third-order valence-electron chi connectivity index (χ3n) is 4.42. The van der Waals surface area contributed by atoms with Gasteiger partial charge in [-0.25, -0.2) is 0 Å². The first-order chi connectivity index (χ1) is 10.0. The number of carbonyl (C=O) groups excluding carboxylic acids is 1. The maximum atomic E-state index is 12.5. The zero-order valence-electron chi connectivity index (χ0n) is 13.6. The highest BCUT2D eigenvalue weighted by atomic mass is 16.2. The molecule has 0 radical (unpaired) electrons. The van der Waals surface area contributed by atoms with Gasteiger partial charge in [0.25, 0.3) is 0 Å². The molecule has 1 aromatic rings. The van der Waals surface area contributed by atoms with E-state index in [-0.39, 0.29) is 5.91 Å². The summed E-state index contributed by atoms with van der Waals surface area (Å²) in [4.78, 5) is 14.6. The van der Waals surface area contributed by atoms with Crippen LogP contribution in [0, 0.1) is 5.92 Å². The van der Waals surface area contributed by atoms with Gasteiger partial charge in [-0.1, -0.05) is 37.3 Å². The molecule has 116 valence electrons. The maximum Gasteiger partial charge on any atom is 0.242 e. The molecular weight excluding hydrogens is 260 g/mol.